The van der Waals surface area contributed by atoms with Crippen molar-refractivity contribution >= 4 is 39.9 Å². The van der Waals surface area contributed by atoms with Crippen LogP contribution >= 0.6 is 11.3 Å². The Labute approximate surface area is 182 Å². The predicted molar refractivity (Wildman–Crippen MR) is 119 cm³/mol. The summed E-state index contributed by atoms with van der Waals surface area (Å²) in [6.07, 6.45) is 1.83. The summed E-state index contributed by atoms with van der Waals surface area (Å²) in [6, 6.07) is 12.7. The Balaban J connectivity index is 1.51. The Kier molecular flexibility index (Phi) is 5.94. The zero-order valence-corrected chi connectivity index (χ0v) is 17.7. The van der Waals surface area contributed by atoms with Gasteiger partial charge in [-0.2, -0.15) is 5.10 Å². The van der Waals surface area contributed by atoms with Crippen molar-refractivity contribution in [2.45, 2.75) is 19.9 Å². The van der Waals surface area contributed by atoms with Crippen LogP contribution in [0.25, 0.3) is 11.0 Å². The number of rotatable bonds is 8. The summed E-state index contributed by atoms with van der Waals surface area (Å²) < 4.78 is 7.26. The monoisotopic (exact) mass is 435 g/mol. The molecule has 0 fully saturated rings. The number of primary amides is 1. The maximum absolute atomic E-state index is 13.0. The average molecular weight is 436 g/mol. The minimum absolute atomic E-state index is 0.149. The first-order chi connectivity index (χ1) is 15.0. The van der Waals surface area contributed by atoms with Crippen molar-refractivity contribution in [1.29, 1.82) is 0 Å². The van der Waals surface area contributed by atoms with Gasteiger partial charge in [0.25, 0.3) is 5.91 Å². The molecule has 0 unspecified atom stereocenters. The smallest absolute Gasteiger partial charge is 0.256 e. The molecule has 4 aromatic rings. The number of ether oxygens (including phenoxy) is 1. The summed E-state index contributed by atoms with van der Waals surface area (Å²) in [5.74, 6) is -0.0635. The number of pyridine rings is 1. The van der Waals surface area contributed by atoms with Crippen LogP contribution in [-0.4, -0.2) is 33.2 Å². The van der Waals surface area contributed by atoms with Crippen molar-refractivity contribution in [3.05, 3.63) is 70.2 Å². The molecule has 0 aliphatic heterocycles. The minimum atomic E-state index is -0.415. The fraction of sp³-hybridized carbons (Fsp3) is 0.182. The Morgan fingerprint density at radius 1 is 1.23 bits per heavy atom. The van der Waals surface area contributed by atoms with E-state index in [4.69, 9.17) is 10.5 Å². The molecular formula is C22H21N5O3S. The van der Waals surface area contributed by atoms with Crippen LogP contribution in [0.15, 0.2) is 54.0 Å². The third kappa shape index (κ3) is 4.89. The van der Waals surface area contributed by atoms with Gasteiger partial charge < -0.3 is 15.8 Å². The highest BCUT2D eigenvalue weighted by Crippen LogP contribution is 2.22. The van der Waals surface area contributed by atoms with E-state index in [1.165, 1.54) is 0 Å². The quantitative estimate of drug-likeness (QED) is 0.441. The first-order valence-corrected chi connectivity index (χ1v) is 10.6. The molecule has 3 N–H and O–H groups in total. The van der Waals surface area contributed by atoms with E-state index in [0.29, 0.717) is 34.6 Å². The molecule has 0 saturated heterocycles. The lowest BCUT2D eigenvalue weighted by molar-refractivity contribution is -0.118. The number of hydrogen-bond donors (Lipinski definition) is 2. The molecule has 0 bridgehead atoms. The van der Waals surface area contributed by atoms with Gasteiger partial charge in [-0.1, -0.05) is 6.07 Å². The molecule has 158 valence electrons. The SMILES string of the molecule is Cc1cc(C(=O)Nc2ccc(OCCC(N)=O)cc2)c2cnn(Cc3cccs3)c2n1. The number of thiophene rings is 1. The molecule has 31 heavy (non-hydrogen) atoms. The van der Waals surface area contributed by atoms with Gasteiger partial charge in [0, 0.05) is 16.3 Å². The molecule has 3 heterocycles. The zero-order valence-electron chi connectivity index (χ0n) is 16.9. The number of nitrogens with two attached hydrogens (primary N) is 1. The zero-order chi connectivity index (χ0) is 21.8. The lowest BCUT2D eigenvalue weighted by atomic mass is 10.1. The number of nitrogens with one attached hydrogen (secondary N) is 1. The molecule has 3 aromatic heterocycles. The Hall–Kier alpha value is -3.72. The molecule has 0 radical (unpaired) electrons. The van der Waals surface area contributed by atoms with Crippen LogP contribution in [-0.2, 0) is 11.3 Å². The van der Waals surface area contributed by atoms with Gasteiger partial charge in [0.15, 0.2) is 5.65 Å². The Bertz CT molecular complexity index is 1220. The molecule has 0 saturated carbocycles. The van der Waals surface area contributed by atoms with Crippen LogP contribution < -0.4 is 15.8 Å². The third-order valence-electron chi connectivity index (χ3n) is 4.60. The second-order valence-corrected chi connectivity index (χ2v) is 8.01. The molecule has 4 rings (SSSR count). The maximum atomic E-state index is 13.0. The van der Waals surface area contributed by atoms with Crippen LogP contribution in [0.2, 0.25) is 0 Å². The van der Waals surface area contributed by atoms with E-state index < -0.39 is 5.91 Å². The van der Waals surface area contributed by atoms with Gasteiger partial charge >= 0.3 is 0 Å². The van der Waals surface area contributed by atoms with Crippen molar-refractivity contribution in [3.63, 3.8) is 0 Å². The maximum Gasteiger partial charge on any atom is 0.256 e. The number of aromatic nitrogens is 3. The molecule has 2 amide bonds. The molecule has 8 nitrogen and oxygen atoms in total. The van der Waals surface area contributed by atoms with Gasteiger partial charge in [-0.3, -0.25) is 9.59 Å². The first-order valence-electron chi connectivity index (χ1n) is 9.67. The normalized spacial score (nSPS) is 10.9. The standard InChI is InChI=1S/C22H21N5O3S/c1-14-11-18(19-12-24-27(21(19)25-14)13-17-3-2-10-31-17)22(29)26-15-4-6-16(7-5-15)30-9-8-20(23)28/h2-7,10-12H,8-9,13H2,1H3,(H2,23,28)(H,26,29). The van der Waals surface area contributed by atoms with Gasteiger partial charge in [-0.05, 0) is 48.7 Å². The number of benzene rings is 1. The summed E-state index contributed by atoms with van der Waals surface area (Å²) in [6.45, 7) is 2.68. The van der Waals surface area contributed by atoms with Gasteiger partial charge in [0.05, 0.1) is 36.7 Å². The van der Waals surface area contributed by atoms with E-state index >= 15 is 0 Å². The Morgan fingerprint density at radius 2 is 2.03 bits per heavy atom. The summed E-state index contributed by atoms with van der Waals surface area (Å²) in [4.78, 5) is 29.5. The van der Waals surface area contributed by atoms with E-state index in [9.17, 15) is 9.59 Å². The summed E-state index contributed by atoms with van der Waals surface area (Å²) in [7, 11) is 0. The highest BCUT2D eigenvalue weighted by molar-refractivity contribution is 7.09. The highest BCUT2D eigenvalue weighted by atomic mass is 32.1. The summed E-state index contributed by atoms with van der Waals surface area (Å²) in [5, 5.41) is 10.1. The van der Waals surface area contributed by atoms with E-state index in [2.05, 4.69) is 15.4 Å². The van der Waals surface area contributed by atoms with Crippen LogP contribution in [0.3, 0.4) is 0 Å². The molecule has 0 spiro atoms. The number of aryl methyl sites for hydroxylation is 1. The van der Waals surface area contributed by atoms with E-state index in [1.54, 1.807) is 47.9 Å². The van der Waals surface area contributed by atoms with Crippen LogP contribution in [0.4, 0.5) is 5.69 Å². The molecule has 0 aliphatic rings. The van der Waals surface area contributed by atoms with Crippen molar-refractivity contribution in [2.75, 3.05) is 11.9 Å². The van der Waals surface area contributed by atoms with Crippen LogP contribution in [0.5, 0.6) is 5.75 Å². The predicted octanol–water partition coefficient (Wildman–Crippen LogP) is 3.36. The molecule has 9 heteroatoms. The van der Waals surface area contributed by atoms with Crippen molar-refractivity contribution < 1.29 is 14.3 Å². The summed E-state index contributed by atoms with van der Waals surface area (Å²) >= 11 is 1.65. The number of carbonyl (C=O) groups excluding carboxylic acids is 2. The largest absolute Gasteiger partial charge is 0.493 e. The lowest BCUT2D eigenvalue weighted by Crippen LogP contribution is -2.14. The second-order valence-electron chi connectivity index (χ2n) is 6.97. The van der Waals surface area contributed by atoms with Gasteiger partial charge in [0.1, 0.15) is 5.75 Å². The lowest BCUT2D eigenvalue weighted by Gasteiger charge is -2.09. The van der Waals surface area contributed by atoms with Crippen molar-refractivity contribution in [3.8, 4) is 5.75 Å². The third-order valence-corrected chi connectivity index (χ3v) is 5.46. The first kappa shape index (κ1) is 20.5. The Morgan fingerprint density at radius 3 is 2.74 bits per heavy atom. The van der Waals surface area contributed by atoms with Crippen molar-refractivity contribution in [1.82, 2.24) is 14.8 Å². The fourth-order valence-electron chi connectivity index (χ4n) is 3.13. The topological polar surface area (TPSA) is 112 Å². The van der Waals surface area contributed by atoms with E-state index in [-0.39, 0.29) is 18.9 Å². The number of nitrogens with zero attached hydrogens (tertiary/aromatic N) is 3. The summed E-state index contributed by atoms with van der Waals surface area (Å²) in [5.41, 5.74) is 7.66. The molecular weight excluding hydrogens is 414 g/mol. The van der Waals surface area contributed by atoms with E-state index in [0.717, 1.165) is 10.6 Å². The van der Waals surface area contributed by atoms with Crippen LogP contribution in [0, 0.1) is 6.92 Å². The minimum Gasteiger partial charge on any atom is -0.493 e. The number of fused-ring (bicyclic) bond motifs is 1. The number of anilines is 1. The van der Waals surface area contributed by atoms with E-state index in [1.807, 2.05) is 29.1 Å². The molecule has 0 atom stereocenters. The number of hydrogen-bond acceptors (Lipinski definition) is 6. The van der Waals surface area contributed by atoms with Crippen LogP contribution in [0.1, 0.15) is 27.3 Å². The van der Waals surface area contributed by atoms with Gasteiger partial charge in [0.2, 0.25) is 5.91 Å². The average Bonchev–Trinajstić information content (AvgIpc) is 3.39. The van der Waals surface area contributed by atoms with Crippen molar-refractivity contribution in [2.24, 2.45) is 5.73 Å². The van der Waals surface area contributed by atoms with Gasteiger partial charge in [-0.15, -0.1) is 11.3 Å². The second kappa shape index (κ2) is 8.97. The van der Waals surface area contributed by atoms with Gasteiger partial charge in [-0.25, -0.2) is 9.67 Å². The molecule has 1 aromatic carbocycles. The molecule has 0 aliphatic carbocycles. The fourth-order valence-corrected chi connectivity index (χ4v) is 3.81. The highest BCUT2D eigenvalue weighted by Gasteiger charge is 2.16. The number of carbonyl (C=O) groups is 2. The number of amides is 2.